The van der Waals surface area contributed by atoms with Crippen LogP contribution in [0.2, 0.25) is 0 Å². The lowest BCUT2D eigenvalue weighted by molar-refractivity contribution is -0.115. The molecule has 24 heavy (non-hydrogen) atoms. The number of para-hydroxylation sites is 1. The number of hydrogen-bond acceptors (Lipinski definition) is 6. The first kappa shape index (κ1) is 15.9. The lowest BCUT2D eigenvalue weighted by Gasteiger charge is -2.04. The van der Waals surface area contributed by atoms with Gasteiger partial charge in [0.05, 0.1) is 23.9 Å². The number of carbonyl (C=O) groups is 2. The molecular weight excluding hydrogens is 330 g/mol. The summed E-state index contributed by atoms with van der Waals surface area (Å²) in [5, 5.41) is 9.70. The van der Waals surface area contributed by atoms with Gasteiger partial charge in [0.15, 0.2) is 5.13 Å². The highest BCUT2D eigenvalue weighted by atomic mass is 32.1. The van der Waals surface area contributed by atoms with Crippen molar-refractivity contribution in [2.24, 2.45) is 7.05 Å². The summed E-state index contributed by atoms with van der Waals surface area (Å²) < 4.78 is 7.47. The van der Waals surface area contributed by atoms with Crippen molar-refractivity contribution in [3.05, 3.63) is 36.0 Å². The molecular formula is C15H15N5O3S. The number of amides is 2. The molecule has 0 radical (unpaired) electrons. The molecule has 0 bridgehead atoms. The summed E-state index contributed by atoms with van der Waals surface area (Å²) in [5.41, 5.74) is 1.09. The average molecular weight is 345 g/mol. The molecule has 0 saturated heterocycles. The highest BCUT2D eigenvalue weighted by Gasteiger charge is 2.17. The number of thiazole rings is 1. The van der Waals surface area contributed by atoms with Crippen LogP contribution >= 0.6 is 11.3 Å². The third-order valence-electron chi connectivity index (χ3n) is 3.18. The number of anilines is 1. The first-order valence-corrected chi connectivity index (χ1v) is 7.89. The summed E-state index contributed by atoms with van der Waals surface area (Å²) >= 11 is 1.38. The van der Waals surface area contributed by atoms with Gasteiger partial charge in [0.2, 0.25) is 11.8 Å². The van der Waals surface area contributed by atoms with Crippen molar-refractivity contribution < 1.29 is 14.3 Å². The summed E-state index contributed by atoms with van der Waals surface area (Å²) in [6.07, 6.45) is 1.53. The number of benzene rings is 1. The Balaban J connectivity index is 1.59. The average Bonchev–Trinajstić information content (AvgIpc) is 3.14. The highest BCUT2D eigenvalue weighted by molar-refractivity contribution is 7.22. The van der Waals surface area contributed by atoms with Crippen LogP contribution < -0.4 is 15.4 Å². The molecule has 2 amide bonds. The van der Waals surface area contributed by atoms with Crippen LogP contribution in [0.1, 0.15) is 10.4 Å². The maximum atomic E-state index is 12.1. The van der Waals surface area contributed by atoms with Crippen molar-refractivity contribution in [2.75, 3.05) is 19.0 Å². The van der Waals surface area contributed by atoms with E-state index in [0.29, 0.717) is 5.13 Å². The van der Waals surface area contributed by atoms with E-state index in [1.54, 1.807) is 7.05 Å². The van der Waals surface area contributed by atoms with Gasteiger partial charge in [-0.3, -0.25) is 14.3 Å². The fraction of sp³-hybridized carbons (Fsp3) is 0.200. The number of aromatic nitrogens is 3. The Morgan fingerprint density at radius 1 is 1.33 bits per heavy atom. The van der Waals surface area contributed by atoms with Crippen LogP contribution in [0.4, 0.5) is 5.13 Å². The van der Waals surface area contributed by atoms with Gasteiger partial charge in [-0.15, -0.1) is 5.10 Å². The van der Waals surface area contributed by atoms with Gasteiger partial charge >= 0.3 is 0 Å². The monoisotopic (exact) mass is 345 g/mol. The zero-order valence-electron chi connectivity index (χ0n) is 13.1. The van der Waals surface area contributed by atoms with E-state index in [-0.39, 0.29) is 23.9 Å². The van der Waals surface area contributed by atoms with Crippen molar-refractivity contribution in [3.63, 3.8) is 0 Å². The fourth-order valence-corrected chi connectivity index (χ4v) is 3.00. The molecule has 0 aliphatic rings. The Kier molecular flexibility index (Phi) is 4.43. The summed E-state index contributed by atoms with van der Waals surface area (Å²) in [5.74, 6) is -0.578. The van der Waals surface area contributed by atoms with E-state index in [1.807, 2.05) is 24.3 Å². The standard InChI is InChI=1S/C15H15N5O3S/c1-20-8-9(14(19-20)23-2)13(22)16-7-12(21)18-15-17-10-5-3-4-6-11(10)24-15/h3-6,8H,7H2,1-2H3,(H,16,22)(H,17,18,21). The van der Waals surface area contributed by atoms with Crippen molar-refractivity contribution in [1.29, 1.82) is 0 Å². The van der Waals surface area contributed by atoms with Gasteiger partial charge in [-0.05, 0) is 12.1 Å². The Labute approximate surface area is 141 Å². The molecule has 0 aliphatic heterocycles. The highest BCUT2D eigenvalue weighted by Crippen LogP contribution is 2.25. The summed E-state index contributed by atoms with van der Waals surface area (Å²) in [7, 11) is 3.11. The molecule has 2 aromatic heterocycles. The minimum absolute atomic E-state index is 0.174. The second-order valence-electron chi connectivity index (χ2n) is 4.94. The Bertz CT molecular complexity index is 869. The van der Waals surface area contributed by atoms with Gasteiger partial charge in [-0.2, -0.15) is 0 Å². The molecule has 0 aliphatic carbocycles. The van der Waals surface area contributed by atoms with Crippen LogP contribution in [0.5, 0.6) is 5.88 Å². The maximum Gasteiger partial charge on any atom is 0.258 e. The molecule has 0 unspecified atom stereocenters. The number of aryl methyl sites for hydroxylation is 1. The minimum Gasteiger partial charge on any atom is -0.479 e. The Morgan fingerprint density at radius 3 is 2.88 bits per heavy atom. The van der Waals surface area contributed by atoms with Crippen LogP contribution in [0.25, 0.3) is 10.2 Å². The zero-order chi connectivity index (χ0) is 17.1. The van der Waals surface area contributed by atoms with Gasteiger partial charge in [-0.1, -0.05) is 23.5 Å². The SMILES string of the molecule is COc1nn(C)cc1C(=O)NCC(=O)Nc1nc2ccccc2s1. The number of fused-ring (bicyclic) bond motifs is 1. The van der Waals surface area contributed by atoms with Gasteiger partial charge in [0.25, 0.3) is 5.91 Å². The predicted molar refractivity (Wildman–Crippen MR) is 90.3 cm³/mol. The summed E-state index contributed by atoms with van der Waals surface area (Å²) in [4.78, 5) is 28.4. The second-order valence-corrected chi connectivity index (χ2v) is 5.97. The lowest BCUT2D eigenvalue weighted by Crippen LogP contribution is -2.32. The van der Waals surface area contributed by atoms with Crippen molar-refractivity contribution in [1.82, 2.24) is 20.1 Å². The third-order valence-corrected chi connectivity index (χ3v) is 4.13. The van der Waals surface area contributed by atoms with Gasteiger partial charge in [0.1, 0.15) is 5.56 Å². The Morgan fingerprint density at radius 2 is 2.12 bits per heavy atom. The van der Waals surface area contributed by atoms with Crippen molar-refractivity contribution in [3.8, 4) is 5.88 Å². The number of hydrogen-bond donors (Lipinski definition) is 2. The van der Waals surface area contributed by atoms with Crippen LogP contribution in [-0.2, 0) is 11.8 Å². The minimum atomic E-state index is -0.431. The second kappa shape index (κ2) is 6.67. The predicted octanol–water partition coefficient (Wildman–Crippen LogP) is 1.41. The van der Waals surface area contributed by atoms with Crippen molar-refractivity contribution in [2.45, 2.75) is 0 Å². The van der Waals surface area contributed by atoms with Gasteiger partial charge in [-0.25, -0.2) is 4.98 Å². The molecule has 0 atom stereocenters. The van der Waals surface area contributed by atoms with E-state index in [0.717, 1.165) is 10.2 Å². The Hall–Kier alpha value is -2.94. The quantitative estimate of drug-likeness (QED) is 0.728. The molecule has 3 aromatic rings. The first-order chi connectivity index (χ1) is 11.6. The summed E-state index contributed by atoms with van der Waals surface area (Å²) in [6, 6.07) is 7.60. The maximum absolute atomic E-state index is 12.1. The van der Waals surface area contributed by atoms with Gasteiger partial charge < -0.3 is 15.4 Å². The lowest BCUT2D eigenvalue weighted by atomic mass is 10.3. The van der Waals surface area contributed by atoms with E-state index < -0.39 is 5.91 Å². The topological polar surface area (TPSA) is 98.1 Å². The van der Waals surface area contributed by atoms with E-state index in [1.165, 1.54) is 29.3 Å². The van der Waals surface area contributed by atoms with Crippen molar-refractivity contribution >= 4 is 38.5 Å². The first-order valence-electron chi connectivity index (χ1n) is 7.08. The van der Waals surface area contributed by atoms with Gasteiger partial charge in [0, 0.05) is 13.2 Å². The molecule has 124 valence electrons. The molecule has 2 heterocycles. The van der Waals surface area contributed by atoms with Crippen LogP contribution in [0, 0.1) is 0 Å². The van der Waals surface area contributed by atoms with E-state index in [9.17, 15) is 9.59 Å². The molecule has 2 N–H and O–H groups in total. The normalized spacial score (nSPS) is 10.6. The summed E-state index contributed by atoms with van der Waals surface area (Å²) in [6.45, 7) is -0.174. The molecule has 3 rings (SSSR count). The number of nitrogens with one attached hydrogen (secondary N) is 2. The van der Waals surface area contributed by atoms with E-state index in [2.05, 4.69) is 20.7 Å². The molecule has 0 spiro atoms. The van der Waals surface area contributed by atoms with Crippen LogP contribution in [-0.4, -0.2) is 40.2 Å². The molecule has 9 heteroatoms. The number of nitrogens with zero attached hydrogens (tertiary/aromatic N) is 3. The fourth-order valence-electron chi connectivity index (χ4n) is 2.12. The number of carbonyl (C=O) groups excluding carboxylic acids is 2. The smallest absolute Gasteiger partial charge is 0.258 e. The molecule has 0 saturated carbocycles. The van der Waals surface area contributed by atoms with Crippen LogP contribution in [0.15, 0.2) is 30.5 Å². The number of methoxy groups -OCH3 is 1. The van der Waals surface area contributed by atoms with Crippen LogP contribution in [0.3, 0.4) is 0 Å². The zero-order valence-corrected chi connectivity index (χ0v) is 13.9. The molecule has 1 aromatic carbocycles. The largest absolute Gasteiger partial charge is 0.479 e. The number of rotatable bonds is 5. The third kappa shape index (κ3) is 3.35. The van der Waals surface area contributed by atoms with E-state index >= 15 is 0 Å². The number of ether oxygens (including phenoxy) is 1. The molecule has 8 nitrogen and oxygen atoms in total. The molecule has 0 fully saturated rings. The van der Waals surface area contributed by atoms with E-state index in [4.69, 9.17) is 4.74 Å².